The second-order valence-corrected chi connectivity index (χ2v) is 12.3. The predicted molar refractivity (Wildman–Crippen MR) is 152 cm³/mol. The number of anilines is 1. The summed E-state index contributed by atoms with van der Waals surface area (Å²) in [7, 11) is 3.95. The number of aromatic nitrogens is 3. The van der Waals surface area contributed by atoms with E-state index < -0.39 is 17.6 Å². The Morgan fingerprint density at radius 3 is 2.52 bits per heavy atom. The highest BCUT2D eigenvalue weighted by molar-refractivity contribution is 6.10. The third-order valence-corrected chi connectivity index (χ3v) is 9.00. The number of benzene rings is 2. The van der Waals surface area contributed by atoms with Crippen LogP contribution < -0.4 is 4.90 Å². The zero-order valence-corrected chi connectivity index (χ0v) is 24.4. The summed E-state index contributed by atoms with van der Waals surface area (Å²) in [5, 5.41) is 8.38. The first-order valence-corrected chi connectivity index (χ1v) is 14.5. The van der Waals surface area contributed by atoms with Crippen LogP contribution >= 0.6 is 0 Å². The number of halogens is 3. The Labute approximate surface area is 244 Å². The number of hydrogen-bond donors (Lipinski definition) is 0. The van der Waals surface area contributed by atoms with Crippen LogP contribution in [0.15, 0.2) is 42.7 Å². The van der Waals surface area contributed by atoms with Crippen molar-refractivity contribution in [3.05, 3.63) is 76.4 Å². The number of carbonyl (C=O) groups excluding carboxylic acids is 1. The third-order valence-electron chi connectivity index (χ3n) is 9.00. The van der Waals surface area contributed by atoms with Crippen molar-refractivity contribution in [3.8, 4) is 0 Å². The van der Waals surface area contributed by atoms with Gasteiger partial charge in [0.15, 0.2) is 0 Å². The number of aryl methyl sites for hydroxylation is 1. The first kappa shape index (κ1) is 28.8. The van der Waals surface area contributed by atoms with E-state index in [1.807, 2.05) is 29.8 Å². The molecule has 0 aliphatic carbocycles. The summed E-state index contributed by atoms with van der Waals surface area (Å²) >= 11 is 0. The molecule has 3 aliphatic heterocycles. The van der Waals surface area contributed by atoms with Crippen molar-refractivity contribution in [1.82, 2.24) is 24.6 Å². The van der Waals surface area contributed by atoms with E-state index in [2.05, 4.69) is 40.9 Å². The van der Waals surface area contributed by atoms with Crippen molar-refractivity contribution in [2.75, 3.05) is 44.8 Å². The van der Waals surface area contributed by atoms with E-state index in [0.29, 0.717) is 36.9 Å². The normalized spacial score (nSPS) is 21.2. The maximum Gasteiger partial charge on any atom is 0.416 e. The number of ether oxygens (including phenoxy) is 1. The van der Waals surface area contributed by atoms with Gasteiger partial charge in [0, 0.05) is 56.4 Å². The Morgan fingerprint density at radius 1 is 1.10 bits per heavy atom. The molecule has 0 radical (unpaired) electrons. The van der Waals surface area contributed by atoms with E-state index in [1.165, 1.54) is 11.0 Å². The first-order chi connectivity index (χ1) is 20.0. The number of hydrogen-bond acceptors (Lipinski definition) is 6. The molecule has 6 rings (SSSR count). The molecule has 3 aliphatic rings. The van der Waals surface area contributed by atoms with Gasteiger partial charge in [0.05, 0.1) is 31.2 Å². The van der Waals surface area contributed by atoms with Crippen molar-refractivity contribution in [1.29, 1.82) is 0 Å². The summed E-state index contributed by atoms with van der Waals surface area (Å²) in [5.41, 5.74) is 1.46. The molecule has 224 valence electrons. The maximum atomic E-state index is 14.4. The molecule has 1 unspecified atom stereocenters. The zero-order chi connectivity index (χ0) is 29.8. The molecule has 3 aromatic rings. The second-order valence-electron chi connectivity index (χ2n) is 12.3. The van der Waals surface area contributed by atoms with Gasteiger partial charge in [-0.05, 0) is 53.9 Å². The number of rotatable bonds is 7. The van der Waals surface area contributed by atoms with Crippen LogP contribution in [0, 0.1) is 11.8 Å². The number of alkyl halides is 3. The number of carbonyl (C=O) groups is 1. The molecule has 1 aromatic heterocycles. The van der Waals surface area contributed by atoms with Gasteiger partial charge in [-0.15, -0.1) is 10.2 Å². The number of piperazine rings is 1. The summed E-state index contributed by atoms with van der Waals surface area (Å²) < 4.78 is 50.6. The maximum absolute atomic E-state index is 14.4. The van der Waals surface area contributed by atoms with Gasteiger partial charge >= 0.3 is 6.18 Å². The molecule has 42 heavy (non-hydrogen) atoms. The van der Waals surface area contributed by atoms with Crippen molar-refractivity contribution in [3.63, 3.8) is 0 Å². The van der Waals surface area contributed by atoms with Gasteiger partial charge in [-0.3, -0.25) is 9.69 Å². The van der Waals surface area contributed by atoms with Crippen LogP contribution in [-0.4, -0.2) is 76.4 Å². The van der Waals surface area contributed by atoms with Crippen molar-refractivity contribution >= 4 is 11.6 Å². The van der Waals surface area contributed by atoms with E-state index in [4.69, 9.17) is 4.74 Å². The molecule has 4 heterocycles. The molecule has 2 saturated heterocycles. The highest BCUT2D eigenvalue weighted by atomic mass is 19.4. The first-order valence-electron chi connectivity index (χ1n) is 14.5. The Bertz CT molecular complexity index is 1470. The molecular formula is C31H37F3N6O2. The van der Waals surface area contributed by atoms with Crippen LogP contribution in [0.25, 0.3) is 0 Å². The fourth-order valence-corrected chi connectivity index (χ4v) is 6.61. The van der Waals surface area contributed by atoms with Gasteiger partial charge in [0.2, 0.25) is 0 Å². The van der Waals surface area contributed by atoms with Crippen LogP contribution in [0.3, 0.4) is 0 Å². The Hall–Kier alpha value is -3.28. The Morgan fingerprint density at radius 2 is 1.88 bits per heavy atom. The zero-order valence-electron chi connectivity index (χ0n) is 24.4. The highest BCUT2D eigenvalue weighted by Crippen LogP contribution is 2.41. The lowest BCUT2D eigenvalue weighted by atomic mass is 9.83. The summed E-state index contributed by atoms with van der Waals surface area (Å²) in [5.74, 6) is 0.810. The number of likely N-dealkylation sites (N-methyl/N-ethyl adjacent to an activating group) is 1. The van der Waals surface area contributed by atoms with Crippen molar-refractivity contribution < 1.29 is 22.7 Å². The molecule has 0 spiro atoms. The standard InChI is InChI=1S/C31H37F3N6O2/c1-19(2)27-15-37(3)8-9-39(27)13-20-10-24-25(26(11-20)31(32,33)34)14-40(30(24)41)23-7-5-6-21(12-23)28(22-16-42-17-22)29-36-35-18-38(29)4/h5-7,10-12,18-19,22,27-28H,8-9,13-17H2,1-4H3/t27?,28-/m0/s1. The minimum absolute atomic E-state index is 0.0395. The van der Waals surface area contributed by atoms with Crippen molar-refractivity contribution in [2.24, 2.45) is 18.9 Å². The molecule has 2 fully saturated rings. The molecule has 2 aromatic carbocycles. The molecule has 11 heteroatoms. The molecular weight excluding hydrogens is 545 g/mol. The van der Waals surface area contributed by atoms with Crippen LogP contribution in [0.2, 0.25) is 0 Å². The number of nitrogens with zero attached hydrogens (tertiary/aromatic N) is 6. The summed E-state index contributed by atoms with van der Waals surface area (Å²) in [4.78, 5) is 19.8. The summed E-state index contributed by atoms with van der Waals surface area (Å²) in [6.07, 6.45) is -2.92. The minimum atomic E-state index is -4.57. The summed E-state index contributed by atoms with van der Waals surface area (Å²) in [6.45, 7) is 8.17. The average molecular weight is 583 g/mol. The van der Waals surface area contributed by atoms with Gasteiger partial charge in [-0.2, -0.15) is 13.2 Å². The van der Waals surface area contributed by atoms with E-state index >= 15 is 0 Å². The van der Waals surface area contributed by atoms with Crippen LogP contribution in [-0.2, 0) is 31.1 Å². The van der Waals surface area contributed by atoms with E-state index in [9.17, 15) is 18.0 Å². The average Bonchev–Trinajstić information content (AvgIpc) is 3.48. The third kappa shape index (κ3) is 5.33. The predicted octanol–water partition coefficient (Wildman–Crippen LogP) is 4.54. The van der Waals surface area contributed by atoms with Gasteiger partial charge in [-0.1, -0.05) is 26.0 Å². The van der Waals surface area contributed by atoms with Gasteiger partial charge in [0.25, 0.3) is 5.91 Å². The largest absolute Gasteiger partial charge is 0.416 e. The van der Waals surface area contributed by atoms with Crippen molar-refractivity contribution in [2.45, 2.75) is 45.1 Å². The van der Waals surface area contributed by atoms with Crippen LogP contribution in [0.4, 0.5) is 18.9 Å². The summed E-state index contributed by atoms with van der Waals surface area (Å²) in [6, 6.07) is 10.7. The van der Waals surface area contributed by atoms with Gasteiger partial charge in [0.1, 0.15) is 12.2 Å². The monoisotopic (exact) mass is 582 g/mol. The molecule has 2 atom stereocenters. The second kappa shape index (κ2) is 11.1. The SMILES string of the molecule is CC(C)C1CN(C)CCN1Cc1cc2c(c(C(F)(F)F)c1)CN(c1cccc([C@H](c3nncn3C)C3COC3)c1)C2=O. The van der Waals surface area contributed by atoms with Crippen LogP contribution in [0.1, 0.15) is 58.2 Å². The highest BCUT2D eigenvalue weighted by Gasteiger charge is 2.41. The topological polar surface area (TPSA) is 66.7 Å². The van der Waals surface area contributed by atoms with E-state index in [0.717, 1.165) is 31.0 Å². The number of amides is 1. The minimum Gasteiger partial charge on any atom is -0.381 e. The quantitative estimate of drug-likeness (QED) is 0.408. The molecule has 0 bridgehead atoms. The molecule has 8 nitrogen and oxygen atoms in total. The Kier molecular flexibility index (Phi) is 7.61. The smallest absolute Gasteiger partial charge is 0.381 e. The lowest BCUT2D eigenvalue weighted by Crippen LogP contribution is -2.53. The van der Waals surface area contributed by atoms with Gasteiger partial charge in [-0.25, -0.2) is 0 Å². The molecule has 0 saturated carbocycles. The lowest BCUT2D eigenvalue weighted by molar-refractivity contribution is -0.138. The van der Waals surface area contributed by atoms with Crippen LogP contribution in [0.5, 0.6) is 0 Å². The molecule has 1 amide bonds. The van der Waals surface area contributed by atoms with Gasteiger partial charge < -0.3 is 19.1 Å². The fourth-order valence-electron chi connectivity index (χ4n) is 6.61. The van der Waals surface area contributed by atoms with E-state index in [-0.39, 0.29) is 35.5 Å². The fraction of sp³-hybridized carbons (Fsp3) is 0.516. The lowest BCUT2D eigenvalue weighted by Gasteiger charge is -2.42. The number of fused-ring (bicyclic) bond motifs is 1. The molecule has 0 N–H and O–H groups in total. The van der Waals surface area contributed by atoms with E-state index in [1.54, 1.807) is 18.5 Å². The Balaban J connectivity index is 1.33.